The Labute approximate surface area is 57.6 Å². The van der Waals surface area contributed by atoms with Gasteiger partial charge in [-0.05, 0) is 11.9 Å². The summed E-state index contributed by atoms with van der Waals surface area (Å²) >= 11 is 1.38. The van der Waals surface area contributed by atoms with E-state index in [1.807, 2.05) is 5.41 Å². The van der Waals surface area contributed by atoms with Crippen molar-refractivity contribution in [3.8, 4) is 0 Å². The van der Waals surface area contributed by atoms with Crippen LogP contribution in [-0.2, 0) is 4.79 Å². The number of nitrogens with zero attached hydrogens (tertiary/aromatic N) is 2. The van der Waals surface area contributed by atoms with Gasteiger partial charge in [0.2, 0.25) is 0 Å². The Balaban J connectivity index is 2.35. The molecule has 0 atom stereocenters. The number of amides is 1. The predicted molar refractivity (Wildman–Crippen MR) is 35.2 cm³/mol. The van der Waals surface area contributed by atoms with E-state index in [1.165, 1.54) is 17.0 Å². The molecule has 4 nitrogen and oxygen atoms in total. The summed E-state index contributed by atoms with van der Waals surface area (Å²) in [6, 6.07) is 0. The quantitative estimate of drug-likeness (QED) is 0.431. The molecule has 0 saturated carbocycles. The van der Waals surface area contributed by atoms with Crippen LogP contribution in [0.25, 0.3) is 0 Å². The van der Waals surface area contributed by atoms with Crippen LogP contribution in [0.1, 0.15) is 0 Å². The second kappa shape index (κ2) is 2.75. The fraction of sp³-hybridized carbons (Fsp3) is 0.250. The first-order chi connectivity index (χ1) is 4.34. The predicted octanol–water partition coefficient (Wildman–Crippen LogP) is -0.160. The summed E-state index contributed by atoms with van der Waals surface area (Å²) < 4.78 is 1.55. The number of hydrogen-bond donors (Lipinski definition) is 1. The second-order valence-electron chi connectivity index (χ2n) is 1.43. The van der Waals surface area contributed by atoms with E-state index >= 15 is 0 Å². The van der Waals surface area contributed by atoms with E-state index in [9.17, 15) is 4.79 Å². The molecule has 0 saturated heterocycles. The highest BCUT2D eigenvalue weighted by Gasteiger charge is 2.10. The minimum Gasteiger partial charge on any atom is -0.298 e. The maximum absolute atomic E-state index is 9.97. The van der Waals surface area contributed by atoms with Crippen molar-refractivity contribution in [2.45, 2.75) is 0 Å². The van der Waals surface area contributed by atoms with Gasteiger partial charge in [-0.25, -0.2) is 5.01 Å². The van der Waals surface area contributed by atoms with Gasteiger partial charge in [0.1, 0.15) is 0 Å². The molecule has 1 radical (unpaired) electrons. The molecule has 49 valence electrons. The summed E-state index contributed by atoms with van der Waals surface area (Å²) in [7, 11) is 1.61. The van der Waals surface area contributed by atoms with E-state index in [0.717, 1.165) is 0 Å². The molecule has 1 aliphatic rings. The molecule has 1 heterocycles. The summed E-state index contributed by atoms with van der Waals surface area (Å²) in [5.41, 5.74) is 2.79. The Morgan fingerprint density at radius 1 is 1.89 bits per heavy atom. The highest BCUT2D eigenvalue weighted by molar-refractivity contribution is 8.00. The lowest BCUT2D eigenvalue weighted by atomic mass is 11.1. The summed E-state index contributed by atoms with van der Waals surface area (Å²) in [6.07, 6.45) is 3.43. The molecule has 0 aromatic carbocycles. The van der Waals surface area contributed by atoms with Crippen molar-refractivity contribution in [3.05, 3.63) is 11.6 Å². The molecule has 1 N–H and O–H groups in total. The number of hydrogen-bond acceptors (Lipinski definition) is 4. The van der Waals surface area contributed by atoms with Gasteiger partial charge in [0.25, 0.3) is 0 Å². The lowest BCUT2D eigenvalue weighted by Gasteiger charge is -2.19. The van der Waals surface area contributed by atoms with Crippen LogP contribution in [0.3, 0.4) is 0 Å². The Kier molecular flexibility index (Phi) is 1.96. The molecule has 1 amide bonds. The third kappa shape index (κ3) is 1.36. The topological polar surface area (TPSA) is 35.6 Å². The zero-order valence-corrected chi connectivity index (χ0v) is 5.68. The Hall–Kier alpha value is -0.680. The van der Waals surface area contributed by atoms with Gasteiger partial charge in [0.05, 0.1) is 0 Å². The van der Waals surface area contributed by atoms with Crippen molar-refractivity contribution in [1.82, 2.24) is 15.0 Å². The van der Waals surface area contributed by atoms with Gasteiger partial charge in [-0.1, -0.05) is 4.52 Å². The number of hydrazine groups is 2. The van der Waals surface area contributed by atoms with Crippen LogP contribution in [0, 0.1) is 0 Å². The van der Waals surface area contributed by atoms with Crippen LogP contribution < -0.4 is 5.43 Å². The highest BCUT2D eigenvalue weighted by Crippen LogP contribution is 2.13. The smallest absolute Gasteiger partial charge is 0.298 e. The molecular formula is C4H6N3OS. The van der Waals surface area contributed by atoms with Gasteiger partial charge in [0.15, 0.2) is 0 Å². The van der Waals surface area contributed by atoms with E-state index in [2.05, 4.69) is 5.43 Å². The minimum atomic E-state index is 1.28. The Morgan fingerprint density at radius 3 is 3.11 bits per heavy atom. The molecule has 0 spiro atoms. The molecule has 1 aliphatic heterocycles. The van der Waals surface area contributed by atoms with Crippen molar-refractivity contribution in [2.75, 3.05) is 7.05 Å². The lowest BCUT2D eigenvalue weighted by Crippen LogP contribution is -2.38. The van der Waals surface area contributed by atoms with E-state index in [1.54, 1.807) is 24.2 Å². The molecule has 0 aromatic rings. The van der Waals surface area contributed by atoms with Crippen LogP contribution in [0.4, 0.5) is 0 Å². The van der Waals surface area contributed by atoms with E-state index in [-0.39, 0.29) is 0 Å². The van der Waals surface area contributed by atoms with E-state index in [0.29, 0.717) is 0 Å². The summed E-state index contributed by atoms with van der Waals surface area (Å²) in [5.74, 6) is 0. The van der Waals surface area contributed by atoms with Crippen molar-refractivity contribution >= 4 is 18.4 Å². The van der Waals surface area contributed by atoms with Crippen LogP contribution in [-0.4, -0.2) is 23.0 Å². The lowest BCUT2D eigenvalue weighted by molar-refractivity contribution is 0.160. The van der Waals surface area contributed by atoms with Crippen LogP contribution in [0.5, 0.6) is 0 Å². The molecule has 0 fully saturated rings. The maximum Gasteiger partial charge on any atom is 0.329 e. The van der Waals surface area contributed by atoms with Gasteiger partial charge in [-0.2, -0.15) is 0 Å². The fourth-order valence-corrected chi connectivity index (χ4v) is 0.941. The van der Waals surface area contributed by atoms with Crippen molar-refractivity contribution < 1.29 is 4.79 Å². The molecule has 5 heteroatoms. The SMILES string of the molecule is CN([C]=O)N1NC=CS1. The van der Waals surface area contributed by atoms with Crippen molar-refractivity contribution in [3.63, 3.8) is 0 Å². The first-order valence-electron chi connectivity index (χ1n) is 2.34. The largest absolute Gasteiger partial charge is 0.329 e. The van der Waals surface area contributed by atoms with Gasteiger partial charge in [-0.15, -0.1) is 0 Å². The summed E-state index contributed by atoms with van der Waals surface area (Å²) in [6.45, 7) is 0. The first-order valence-corrected chi connectivity index (χ1v) is 3.18. The summed E-state index contributed by atoms with van der Waals surface area (Å²) in [5, 5.41) is 3.11. The monoisotopic (exact) mass is 144 g/mol. The molecular weight excluding hydrogens is 138 g/mol. The average Bonchev–Trinajstić information content (AvgIpc) is 2.37. The van der Waals surface area contributed by atoms with Crippen LogP contribution >= 0.6 is 11.9 Å². The van der Waals surface area contributed by atoms with Crippen LogP contribution in [0.2, 0.25) is 0 Å². The zero-order chi connectivity index (χ0) is 6.69. The van der Waals surface area contributed by atoms with Gasteiger partial charge >= 0.3 is 6.41 Å². The van der Waals surface area contributed by atoms with E-state index < -0.39 is 0 Å². The van der Waals surface area contributed by atoms with Crippen molar-refractivity contribution in [2.24, 2.45) is 0 Å². The molecule has 9 heavy (non-hydrogen) atoms. The molecule has 0 aromatic heterocycles. The normalized spacial score (nSPS) is 17.4. The average molecular weight is 144 g/mol. The highest BCUT2D eigenvalue weighted by atomic mass is 32.2. The minimum absolute atomic E-state index is 1.28. The molecule has 1 rings (SSSR count). The number of rotatable bonds is 2. The second-order valence-corrected chi connectivity index (χ2v) is 2.25. The third-order valence-electron chi connectivity index (χ3n) is 0.818. The standard InChI is InChI=1S/C4H6N3OS/c1-6(4-8)7-5-2-3-9-7/h2-3,5H,1H3. The van der Waals surface area contributed by atoms with Crippen molar-refractivity contribution in [1.29, 1.82) is 0 Å². The zero-order valence-electron chi connectivity index (χ0n) is 4.87. The molecule has 0 aliphatic carbocycles. The summed E-state index contributed by atoms with van der Waals surface area (Å²) in [4.78, 5) is 9.97. The Bertz CT molecular complexity index is 130. The third-order valence-corrected chi connectivity index (χ3v) is 1.63. The van der Waals surface area contributed by atoms with Gasteiger partial charge in [-0.3, -0.25) is 10.2 Å². The van der Waals surface area contributed by atoms with Gasteiger partial charge in [0, 0.05) is 18.7 Å². The Morgan fingerprint density at radius 2 is 2.67 bits per heavy atom. The van der Waals surface area contributed by atoms with Gasteiger partial charge < -0.3 is 0 Å². The molecule has 0 bridgehead atoms. The number of nitrogens with one attached hydrogen (secondary N) is 1. The maximum atomic E-state index is 9.97. The molecule has 0 unspecified atom stereocenters. The van der Waals surface area contributed by atoms with E-state index in [4.69, 9.17) is 0 Å². The fourth-order valence-electron chi connectivity index (χ4n) is 0.407. The van der Waals surface area contributed by atoms with Crippen LogP contribution in [0.15, 0.2) is 11.6 Å². The number of carbonyl (C=O) groups excluding carboxylic acids is 1. The first kappa shape index (κ1) is 6.44.